The van der Waals surface area contributed by atoms with Gasteiger partial charge in [-0.2, -0.15) is 0 Å². The maximum absolute atomic E-state index is 3.41. The molecule has 0 atom stereocenters. The van der Waals surface area contributed by atoms with Gasteiger partial charge in [-0.15, -0.1) is 0 Å². The third kappa shape index (κ3) is 3.98. The van der Waals surface area contributed by atoms with Crippen molar-refractivity contribution >= 4 is 60.1 Å². The maximum Gasteiger partial charge on any atom is 0.222 e. The summed E-state index contributed by atoms with van der Waals surface area (Å²) in [5.41, 5.74) is 7.58. The van der Waals surface area contributed by atoms with E-state index in [2.05, 4.69) is 139 Å². The molecule has 0 fully saturated rings. The van der Waals surface area contributed by atoms with Crippen molar-refractivity contribution in [3.8, 4) is 11.3 Å². The van der Waals surface area contributed by atoms with Crippen LogP contribution in [0.2, 0.25) is 0 Å². The molecular formula is C39H30IN2+. The predicted molar refractivity (Wildman–Crippen MR) is 172 cm³/mol. The molecule has 6 aromatic carbocycles. The summed E-state index contributed by atoms with van der Waals surface area (Å²) >= 11 is 0. The number of allylic oxidation sites excluding steroid dienone is 1. The first-order valence-electron chi connectivity index (χ1n) is 14.3. The Hall–Kier alpha value is -4.35. The minimum absolute atomic E-state index is 0. The summed E-state index contributed by atoms with van der Waals surface area (Å²) in [5.74, 6) is 0. The molecule has 0 amide bonds. The van der Waals surface area contributed by atoms with Gasteiger partial charge in [0, 0.05) is 34.5 Å². The largest absolute Gasteiger partial charge is 1.00 e. The van der Waals surface area contributed by atoms with E-state index >= 15 is 0 Å². The Bertz CT molecular complexity index is 2300. The SMILES string of the molecule is Cc1ccc2c3cccc4c5ccccc5c5cc[n+](C)c(c2c1/C=C/Cc1ccccc1-c1cccc[nH+]1)c5c43.[I-]. The lowest BCUT2D eigenvalue weighted by Gasteiger charge is -2.17. The van der Waals surface area contributed by atoms with Gasteiger partial charge in [-0.05, 0) is 69.1 Å². The number of pyridine rings is 2. The number of H-pyrrole nitrogens is 1. The molecule has 1 N–H and O–H groups in total. The van der Waals surface area contributed by atoms with Crippen LogP contribution in [0.15, 0.2) is 122 Å². The number of halogens is 1. The zero-order valence-electron chi connectivity index (χ0n) is 23.7. The second kappa shape index (κ2) is 10.5. The van der Waals surface area contributed by atoms with E-state index in [1.165, 1.54) is 76.2 Å². The van der Waals surface area contributed by atoms with Crippen molar-refractivity contribution in [3.05, 3.63) is 138 Å². The molecule has 0 saturated heterocycles. The lowest BCUT2D eigenvalue weighted by molar-refractivity contribution is -0.643. The van der Waals surface area contributed by atoms with Gasteiger partial charge in [-0.1, -0.05) is 84.9 Å². The van der Waals surface area contributed by atoms with E-state index in [9.17, 15) is 0 Å². The number of aromatic nitrogens is 2. The number of nitrogens with zero attached hydrogens (tertiary/aromatic N) is 1. The number of fused-ring (bicyclic) bond motifs is 6. The van der Waals surface area contributed by atoms with Gasteiger partial charge in [-0.3, -0.25) is 0 Å². The van der Waals surface area contributed by atoms with E-state index in [1.54, 1.807) is 0 Å². The Morgan fingerprint density at radius 1 is 0.643 bits per heavy atom. The summed E-state index contributed by atoms with van der Waals surface area (Å²) in [5, 5.41) is 12.0. The van der Waals surface area contributed by atoms with Gasteiger partial charge in [0.15, 0.2) is 12.4 Å². The highest BCUT2D eigenvalue weighted by atomic mass is 127. The van der Waals surface area contributed by atoms with Crippen LogP contribution in [-0.2, 0) is 13.5 Å². The number of hydrogen-bond donors (Lipinski definition) is 0. The van der Waals surface area contributed by atoms with E-state index in [0.717, 1.165) is 12.1 Å². The molecule has 8 aromatic rings. The zero-order valence-corrected chi connectivity index (χ0v) is 25.8. The van der Waals surface area contributed by atoms with Crippen LogP contribution < -0.4 is 33.5 Å². The van der Waals surface area contributed by atoms with Crippen LogP contribution in [0.5, 0.6) is 0 Å². The quantitative estimate of drug-likeness (QED) is 0.0996. The van der Waals surface area contributed by atoms with Crippen molar-refractivity contribution in [2.45, 2.75) is 13.3 Å². The third-order valence-corrected chi connectivity index (χ3v) is 8.77. The lowest BCUT2D eigenvalue weighted by Crippen LogP contribution is -3.00. The summed E-state index contributed by atoms with van der Waals surface area (Å²) in [7, 11) is 2.19. The van der Waals surface area contributed by atoms with Gasteiger partial charge in [0.2, 0.25) is 11.2 Å². The molecule has 202 valence electrons. The van der Waals surface area contributed by atoms with Crippen LogP contribution in [0.4, 0.5) is 0 Å². The lowest BCUT2D eigenvalue weighted by atomic mass is 9.86. The molecule has 0 saturated carbocycles. The maximum atomic E-state index is 3.41. The fourth-order valence-corrected chi connectivity index (χ4v) is 6.89. The fraction of sp³-hybridized carbons (Fsp3) is 0.0769. The van der Waals surface area contributed by atoms with Gasteiger partial charge in [0.1, 0.15) is 7.05 Å². The highest BCUT2D eigenvalue weighted by Crippen LogP contribution is 2.44. The average molecular weight is 654 g/mol. The number of aryl methyl sites for hydroxylation is 2. The molecule has 0 aliphatic heterocycles. The summed E-state index contributed by atoms with van der Waals surface area (Å²) in [6.07, 6.45) is 9.76. The fourth-order valence-electron chi connectivity index (χ4n) is 6.89. The van der Waals surface area contributed by atoms with Gasteiger partial charge in [0.05, 0.1) is 10.8 Å². The average Bonchev–Trinajstić information content (AvgIpc) is 3.02. The highest BCUT2D eigenvalue weighted by Gasteiger charge is 2.23. The van der Waals surface area contributed by atoms with Crippen LogP contribution in [0.25, 0.3) is 71.3 Å². The molecule has 2 aromatic heterocycles. The molecule has 0 radical (unpaired) electrons. The molecule has 42 heavy (non-hydrogen) atoms. The first-order valence-corrected chi connectivity index (χ1v) is 14.3. The second-order valence-electron chi connectivity index (χ2n) is 11.1. The van der Waals surface area contributed by atoms with Crippen molar-refractivity contribution in [3.63, 3.8) is 0 Å². The Morgan fingerprint density at radius 3 is 2.10 bits per heavy atom. The first-order chi connectivity index (χ1) is 20.2. The molecule has 0 unspecified atom stereocenters. The summed E-state index contributed by atoms with van der Waals surface area (Å²) in [6.45, 7) is 2.24. The Kier molecular flexibility index (Phi) is 6.63. The summed E-state index contributed by atoms with van der Waals surface area (Å²) in [4.78, 5) is 3.41. The number of hydrogen-bond acceptors (Lipinski definition) is 0. The Labute approximate surface area is 262 Å². The van der Waals surface area contributed by atoms with Crippen LogP contribution in [0.3, 0.4) is 0 Å². The van der Waals surface area contributed by atoms with Crippen molar-refractivity contribution in [2.75, 3.05) is 0 Å². The second-order valence-corrected chi connectivity index (χ2v) is 11.1. The van der Waals surface area contributed by atoms with E-state index in [0.29, 0.717) is 0 Å². The molecule has 0 spiro atoms. The van der Waals surface area contributed by atoms with Crippen LogP contribution in [0.1, 0.15) is 16.7 Å². The molecule has 3 heteroatoms. The number of rotatable bonds is 4. The molecule has 2 heterocycles. The normalized spacial score (nSPS) is 11.9. The molecular weight excluding hydrogens is 623 g/mol. The van der Waals surface area contributed by atoms with Crippen LogP contribution in [0, 0.1) is 6.92 Å². The standard InChI is InChI=1S/C39H29N2.HI/c1-25-20-21-33-32-18-10-17-31-29-14-5-6-15-30(29)34-22-24-41(2)39(38(34)36(31)32)37(33)27(25)16-9-12-26-11-3-4-13-28(26)35-19-7-8-23-40-35;/h3-11,13-24H,12H2,1-2H3;1H/q+1;/b16-9+;. The van der Waals surface area contributed by atoms with Crippen molar-refractivity contribution in [1.82, 2.24) is 0 Å². The van der Waals surface area contributed by atoms with Gasteiger partial charge >= 0.3 is 0 Å². The number of benzene rings is 6. The topological polar surface area (TPSA) is 18.0 Å². The third-order valence-electron chi connectivity index (χ3n) is 8.77. The Balaban J connectivity index is 0.00000288. The molecule has 0 bridgehead atoms. The van der Waals surface area contributed by atoms with Crippen LogP contribution >= 0.6 is 0 Å². The molecule has 2 nitrogen and oxygen atoms in total. The van der Waals surface area contributed by atoms with Crippen molar-refractivity contribution < 1.29 is 33.5 Å². The zero-order chi connectivity index (χ0) is 27.5. The van der Waals surface area contributed by atoms with Crippen molar-refractivity contribution in [2.24, 2.45) is 7.05 Å². The van der Waals surface area contributed by atoms with Gasteiger partial charge < -0.3 is 24.0 Å². The van der Waals surface area contributed by atoms with Crippen molar-refractivity contribution in [1.29, 1.82) is 0 Å². The summed E-state index contributed by atoms with van der Waals surface area (Å²) < 4.78 is 2.32. The van der Waals surface area contributed by atoms with Gasteiger partial charge in [0.25, 0.3) is 0 Å². The van der Waals surface area contributed by atoms with E-state index in [4.69, 9.17) is 0 Å². The van der Waals surface area contributed by atoms with Crippen LogP contribution in [-0.4, -0.2) is 0 Å². The van der Waals surface area contributed by atoms with E-state index in [1.807, 2.05) is 12.3 Å². The Morgan fingerprint density at radius 2 is 1.31 bits per heavy atom. The summed E-state index contributed by atoms with van der Waals surface area (Å²) in [6, 6.07) is 37.5. The minimum Gasteiger partial charge on any atom is -1.00 e. The van der Waals surface area contributed by atoms with E-state index < -0.39 is 0 Å². The predicted octanol–water partition coefficient (Wildman–Crippen LogP) is 5.76. The molecule has 0 aliphatic carbocycles. The monoisotopic (exact) mass is 653 g/mol. The van der Waals surface area contributed by atoms with E-state index in [-0.39, 0.29) is 24.0 Å². The number of aromatic amines is 1. The van der Waals surface area contributed by atoms with Gasteiger partial charge in [-0.25, -0.2) is 9.55 Å². The smallest absolute Gasteiger partial charge is 0.222 e. The highest BCUT2D eigenvalue weighted by molar-refractivity contribution is 6.39. The molecule has 0 aliphatic rings. The minimum atomic E-state index is 0. The molecule has 8 rings (SSSR count). The first kappa shape index (κ1) is 26.5. The number of nitrogens with one attached hydrogen (secondary N) is 1.